The molecule has 0 unspecified atom stereocenters. The minimum Gasteiger partial charge on any atom is -0.339 e. The number of rotatable bonds is 5. The maximum atomic E-state index is 13.2. The molecule has 30 heavy (non-hydrogen) atoms. The monoisotopic (exact) mass is 426 g/mol. The Bertz CT molecular complexity index is 1060. The molecular formula is C22H23FN4O2S. The van der Waals surface area contributed by atoms with E-state index in [0.717, 1.165) is 39.3 Å². The van der Waals surface area contributed by atoms with Crippen LogP contribution in [-0.4, -0.2) is 39.9 Å². The largest absolute Gasteiger partial charge is 0.339 e. The molecule has 0 saturated heterocycles. The third kappa shape index (κ3) is 5.07. The van der Waals surface area contributed by atoms with Gasteiger partial charge in [-0.25, -0.2) is 9.07 Å². The van der Waals surface area contributed by atoms with Crippen LogP contribution in [-0.2, 0) is 11.2 Å². The number of halogens is 1. The lowest BCUT2D eigenvalue weighted by atomic mass is 10.1. The molecule has 156 valence electrons. The number of carbonyl (C=O) groups excluding carboxylic acids is 2. The minimum atomic E-state index is -0.310. The van der Waals surface area contributed by atoms with Crippen LogP contribution in [0.2, 0.25) is 0 Å². The molecule has 6 nitrogen and oxygen atoms in total. The quantitative estimate of drug-likeness (QED) is 0.607. The van der Waals surface area contributed by atoms with Gasteiger partial charge in [0.1, 0.15) is 5.82 Å². The van der Waals surface area contributed by atoms with Crippen molar-refractivity contribution in [3.05, 3.63) is 71.3 Å². The molecule has 1 N–H and O–H groups in total. The Morgan fingerprint density at radius 2 is 1.70 bits per heavy atom. The lowest BCUT2D eigenvalue weighted by molar-refractivity contribution is -0.115. The molecule has 0 bridgehead atoms. The molecule has 2 aromatic carbocycles. The fourth-order valence-electron chi connectivity index (χ4n) is 2.93. The highest BCUT2D eigenvalue weighted by Crippen LogP contribution is 2.23. The first-order valence-corrected chi connectivity index (χ1v) is 10.2. The predicted molar refractivity (Wildman–Crippen MR) is 117 cm³/mol. The first-order chi connectivity index (χ1) is 14.2. The van der Waals surface area contributed by atoms with Crippen LogP contribution in [0.15, 0.2) is 53.4 Å². The van der Waals surface area contributed by atoms with Gasteiger partial charge >= 0.3 is 0 Å². The minimum absolute atomic E-state index is 0.0593. The summed E-state index contributed by atoms with van der Waals surface area (Å²) in [6, 6.07) is 13.2. The molecule has 0 radical (unpaired) electrons. The normalized spacial score (nSPS) is 10.7. The Kier molecular flexibility index (Phi) is 6.56. The van der Waals surface area contributed by atoms with E-state index in [1.54, 1.807) is 55.2 Å². The maximum Gasteiger partial charge on any atom is 0.285 e. The number of amides is 2. The van der Waals surface area contributed by atoms with Crippen molar-refractivity contribution in [2.45, 2.75) is 25.2 Å². The molecule has 0 fully saturated rings. The lowest BCUT2D eigenvalue weighted by Gasteiger charge is -2.10. The number of aromatic nitrogens is 2. The van der Waals surface area contributed by atoms with Crippen LogP contribution in [0.4, 0.5) is 14.9 Å². The van der Waals surface area contributed by atoms with Crippen molar-refractivity contribution in [3.8, 4) is 5.69 Å². The first kappa shape index (κ1) is 21.6. The van der Waals surface area contributed by atoms with Crippen LogP contribution in [0.3, 0.4) is 0 Å². The molecule has 1 aromatic heterocycles. The predicted octanol–water partition coefficient (Wildman–Crippen LogP) is 4.58. The highest BCUT2D eigenvalue weighted by Gasteiger charge is 2.16. The molecule has 3 aromatic rings. The number of nitrogens with one attached hydrogen (secondary N) is 1. The second-order valence-electron chi connectivity index (χ2n) is 7.05. The van der Waals surface area contributed by atoms with Gasteiger partial charge in [0, 0.05) is 35.9 Å². The summed E-state index contributed by atoms with van der Waals surface area (Å²) in [6.07, 6.45) is 0.175. The van der Waals surface area contributed by atoms with Gasteiger partial charge in [-0.2, -0.15) is 5.10 Å². The topological polar surface area (TPSA) is 67.2 Å². The van der Waals surface area contributed by atoms with Crippen LogP contribution in [0.5, 0.6) is 0 Å². The van der Waals surface area contributed by atoms with Crippen molar-refractivity contribution in [1.29, 1.82) is 0 Å². The summed E-state index contributed by atoms with van der Waals surface area (Å²) in [5.74, 6) is -0.472. The number of nitrogens with zero attached hydrogens (tertiary/aromatic N) is 3. The van der Waals surface area contributed by atoms with Crippen molar-refractivity contribution in [1.82, 2.24) is 14.7 Å². The van der Waals surface area contributed by atoms with Crippen LogP contribution in [0.1, 0.15) is 17.0 Å². The second-order valence-corrected chi connectivity index (χ2v) is 8.07. The Morgan fingerprint density at radius 3 is 2.30 bits per heavy atom. The Labute approximate surface area is 179 Å². The van der Waals surface area contributed by atoms with E-state index in [-0.39, 0.29) is 23.4 Å². The van der Waals surface area contributed by atoms with Crippen LogP contribution >= 0.6 is 11.8 Å². The van der Waals surface area contributed by atoms with Crippen LogP contribution in [0.25, 0.3) is 5.69 Å². The second kappa shape index (κ2) is 9.13. The first-order valence-electron chi connectivity index (χ1n) is 9.34. The number of carbonyl (C=O) groups is 2. The molecule has 8 heteroatoms. The zero-order valence-electron chi connectivity index (χ0n) is 17.3. The number of aryl methyl sites for hydroxylation is 1. The fourth-order valence-corrected chi connectivity index (χ4v) is 3.59. The third-order valence-corrected chi connectivity index (χ3v) is 5.61. The van der Waals surface area contributed by atoms with Gasteiger partial charge in [-0.05, 0) is 74.1 Å². The van der Waals surface area contributed by atoms with E-state index < -0.39 is 0 Å². The number of hydrogen-bond donors (Lipinski definition) is 1. The Balaban J connectivity index is 1.68. The van der Waals surface area contributed by atoms with Gasteiger partial charge in [-0.15, -0.1) is 0 Å². The van der Waals surface area contributed by atoms with Gasteiger partial charge in [0.25, 0.3) is 5.24 Å². The van der Waals surface area contributed by atoms with Crippen LogP contribution in [0, 0.1) is 19.7 Å². The van der Waals surface area contributed by atoms with E-state index in [2.05, 4.69) is 10.4 Å². The molecule has 0 aliphatic carbocycles. The summed E-state index contributed by atoms with van der Waals surface area (Å²) in [4.78, 5) is 26.6. The molecule has 0 aliphatic heterocycles. The maximum absolute atomic E-state index is 13.2. The summed E-state index contributed by atoms with van der Waals surface area (Å²) in [5, 5.41) is 7.31. The van der Waals surface area contributed by atoms with Gasteiger partial charge in [0.15, 0.2) is 0 Å². The smallest absolute Gasteiger partial charge is 0.285 e. The molecule has 2 amide bonds. The average molecular weight is 427 g/mol. The summed E-state index contributed by atoms with van der Waals surface area (Å²) in [5.41, 5.74) is 3.82. The number of hydrogen-bond acceptors (Lipinski definition) is 4. The standard InChI is InChI=1S/C22H23FN4O2S/c1-14-20(15(2)27(25-14)18-9-5-16(23)6-10-18)13-21(28)24-17-7-11-19(12-8-17)30-22(29)26(3)4/h5-12H,13H2,1-4H3,(H,24,28). The lowest BCUT2D eigenvalue weighted by Crippen LogP contribution is -2.16. The number of benzene rings is 2. The molecule has 1 heterocycles. The fraction of sp³-hybridized carbons (Fsp3) is 0.227. The Hall–Kier alpha value is -3.13. The van der Waals surface area contributed by atoms with E-state index in [4.69, 9.17) is 0 Å². The summed E-state index contributed by atoms with van der Waals surface area (Å²) in [6.45, 7) is 3.74. The molecule has 0 atom stereocenters. The van der Waals surface area contributed by atoms with Crippen molar-refractivity contribution in [2.75, 3.05) is 19.4 Å². The SMILES string of the molecule is Cc1nn(-c2ccc(F)cc2)c(C)c1CC(=O)Nc1ccc(SC(=O)N(C)C)cc1. The molecule has 3 rings (SSSR count). The van der Waals surface area contributed by atoms with Crippen molar-refractivity contribution in [3.63, 3.8) is 0 Å². The molecular weight excluding hydrogens is 403 g/mol. The van der Waals surface area contributed by atoms with E-state index in [0.29, 0.717) is 5.69 Å². The summed E-state index contributed by atoms with van der Waals surface area (Å²) in [7, 11) is 3.40. The van der Waals surface area contributed by atoms with Gasteiger partial charge in [-0.3, -0.25) is 9.59 Å². The third-order valence-electron chi connectivity index (χ3n) is 4.56. The van der Waals surface area contributed by atoms with Gasteiger partial charge in [0.05, 0.1) is 17.8 Å². The zero-order valence-corrected chi connectivity index (χ0v) is 18.1. The summed E-state index contributed by atoms with van der Waals surface area (Å²) < 4.78 is 14.9. The van der Waals surface area contributed by atoms with Crippen molar-refractivity contribution in [2.24, 2.45) is 0 Å². The zero-order chi connectivity index (χ0) is 21.8. The van der Waals surface area contributed by atoms with Crippen molar-refractivity contribution < 1.29 is 14.0 Å². The van der Waals surface area contributed by atoms with E-state index in [9.17, 15) is 14.0 Å². The average Bonchev–Trinajstić information content (AvgIpc) is 2.98. The van der Waals surface area contributed by atoms with Crippen LogP contribution < -0.4 is 5.32 Å². The molecule has 0 aliphatic rings. The molecule has 0 saturated carbocycles. The van der Waals surface area contributed by atoms with Gasteiger partial charge in [-0.1, -0.05) is 0 Å². The highest BCUT2D eigenvalue weighted by atomic mass is 32.2. The summed E-state index contributed by atoms with van der Waals surface area (Å²) >= 11 is 1.13. The van der Waals surface area contributed by atoms with Gasteiger partial charge in [0.2, 0.25) is 5.91 Å². The number of anilines is 1. The highest BCUT2D eigenvalue weighted by molar-refractivity contribution is 8.13. The van der Waals surface area contributed by atoms with Gasteiger partial charge < -0.3 is 10.2 Å². The van der Waals surface area contributed by atoms with E-state index in [1.807, 2.05) is 13.8 Å². The van der Waals surface area contributed by atoms with Crippen molar-refractivity contribution >= 4 is 28.6 Å². The van der Waals surface area contributed by atoms with E-state index >= 15 is 0 Å². The number of thioether (sulfide) groups is 1. The molecule has 0 spiro atoms. The van der Waals surface area contributed by atoms with E-state index in [1.165, 1.54) is 17.0 Å². The Morgan fingerprint density at radius 1 is 1.07 bits per heavy atom.